The van der Waals surface area contributed by atoms with Gasteiger partial charge in [-0.25, -0.2) is 12.8 Å². The van der Waals surface area contributed by atoms with Crippen molar-refractivity contribution < 1.29 is 12.8 Å². The van der Waals surface area contributed by atoms with Crippen LogP contribution in [0.15, 0.2) is 23.1 Å². The van der Waals surface area contributed by atoms with Crippen molar-refractivity contribution in [3.8, 4) is 0 Å². The van der Waals surface area contributed by atoms with E-state index in [0.717, 1.165) is 0 Å². The van der Waals surface area contributed by atoms with Crippen LogP contribution in [-0.2, 0) is 17.1 Å². The van der Waals surface area contributed by atoms with Gasteiger partial charge in [0.2, 0.25) is 0 Å². The molecule has 0 saturated carbocycles. The van der Waals surface area contributed by atoms with Gasteiger partial charge in [0.05, 0.1) is 5.69 Å². The average molecular weight is 298 g/mol. The highest BCUT2D eigenvalue weighted by Gasteiger charge is 2.24. The van der Waals surface area contributed by atoms with Crippen LogP contribution in [0.25, 0.3) is 0 Å². The lowest BCUT2D eigenvalue weighted by molar-refractivity contribution is 0.600. The molecule has 0 radical (unpaired) electrons. The van der Waals surface area contributed by atoms with Crippen molar-refractivity contribution in [3.63, 3.8) is 0 Å². The summed E-state index contributed by atoms with van der Waals surface area (Å²) in [6, 6.07) is 3.96. The van der Waals surface area contributed by atoms with Crippen molar-refractivity contribution in [2.45, 2.75) is 18.7 Å². The van der Waals surface area contributed by atoms with Gasteiger partial charge in [-0.2, -0.15) is 5.10 Å². The molecule has 0 atom stereocenters. The Hall–Kier alpha value is -2.09. The molecule has 1 aromatic heterocycles. The molecule has 20 heavy (non-hydrogen) atoms. The number of nitrogen functional groups attached to an aromatic ring is 1. The van der Waals surface area contributed by atoms with E-state index in [4.69, 9.17) is 5.73 Å². The maximum absolute atomic E-state index is 13.2. The van der Waals surface area contributed by atoms with Gasteiger partial charge in [0.1, 0.15) is 5.82 Å². The highest BCUT2D eigenvalue weighted by Crippen LogP contribution is 2.24. The first-order valence-corrected chi connectivity index (χ1v) is 7.28. The van der Waals surface area contributed by atoms with Crippen LogP contribution in [0.4, 0.5) is 15.9 Å². The number of hydrogen-bond donors (Lipinski definition) is 2. The molecule has 2 rings (SSSR count). The summed E-state index contributed by atoms with van der Waals surface area (Å²) < 4.78 is 41.6. The predicted molar refractivity (Wildman–Crippen MR) is 74.3 cm³/mol. The number of halogens is 1. The summed E-state index contributed by atoms with van der Waals surface area (Å²) in [4.78, 5) is -0.0676. The molecule has 0 fully saturated rings. The number of aromatic nitrogens is 2. The molecule has 0 bridgehead atoms. The van der Waals surface area contributed by atoms with E-state index in [1.54, 1.807) is 20.9 Å². The number of anilines is 2. The molecule has 1 aromatic carbocycles. The third-order valence-corrected chi connectivity index (χ3v) is 4.53. The molecule has 1 heterocycles. The van der Waals surface area contributed by atoms with Crippen molar-refractivity contribution in [2.75, 3.05) is 10.5 Å². The number of nitrogens with two attached hydrogens (primary N) is 1. The second kappa shape index (κ2) is 4.78. The lowest BCUT2D eigenvalue weighted by atomic mass is 10.2. The van der Waals surface area contributed by atoms with Gasteiger partial charge in [-0.15, -0.1) is 0 Å². The lowest BCUT2D eigenvalue weighted by Crippen LogP contribution is -2.15. The fourth-order valence-electron chi connectivity index (χ4n) is 1.86. The topological polar surface area (TPSA) is 90.0 Å². The molecule has 3 N–H and O–H groups in total. The van der Waals surface area contributed by atoms with Crippen LogP contribution in [-0.4, -0.2) is 18.2 Å². The summed E-state index contributed by atoms with van der Waals surface area (Å²) in [5.74, 6) is -0.471. The third kappa shape index (κ3) is 2.46. The Morgan fingerprint density at radius 1 is 1.35 bits per heavy atom. The Labute approximate surface area is 116 Å². The normalized spacial score (nSPS) is 11.6. The van der Waals surface area contributed by atoms with Gasteiger partial charge in [-0.3, -0.25) is 9.40 Å². The molecule has 0 unspecified atom stereocenters. The second-order valence-corrected chi connectivity index (χ2v) is 6.11. The summed E-state index contributed by atoms with van der Waals surface area (Å²) in [5, 5.41) is 3.87. The van der Waals surface area contributed by atoms with Gasteiger partial charge >= 0.3 is 0 Å². The molecule has 0 saturated heterocycles. The fraction of sp³-hybridized carbons (Fsp3) is 0.250. The minimum Gasteiger partial charge on any atom is -0.381 e. The quantitative estimate of drug-likeness (QED) is 0.899. The Kier molecular flexibility index (Phi) is 3.43. The van der Waals surface area contributed by atoms with E-state index < -0.39 is 15.8 Å². The van der Waals surface area contributed by atoms with Gasteiger partial charge in [-0.05, 0) is 37.6 Å². The van der Waals surface area contributed by atoms with E-state index >= 15 is 0 Å². The van der Waals surface area contributed by atoms with Crippen molar-refractivity contribution in [3.05, 3.63) is 35.3 Å². The predicted octanol–water partition coefficient (Wildman–Crippen LogP) is 1.56. The number of benzene rings is 1. The van der Waals surface area contributed by atoms with Gasteiger partial charge in [0, 0.05) is 12.7 Å². The first-order chi connectivity index (χ1) is 9.22. The van der Waals surface area contributed by atoms with E-state index in [1.165, 1.54) is 22.9 Å². The average Bonchev–Trinajstić information content (AvgIpc) is 2.58. The molecule has 6 nitrogen and oxygen atoms in total. The molecule has 2 aromatic rings. The third-order valence-electron chi connectivity index (χ3n) is 2.98. The summed E-state index contributed by atoms with van der Waals surface area (Å²) in [6.07, 6.45) is 0. The standard InChI is InChI=1S/C12H15FN4O2S/c1-7-6-9(4-5-10(7)13)16-20(18,19)11-8(2)17(3)15-12(11)14/h4-6,16H,1-3H3,(H2,14,15). The Morgan fingerprint density at radius 2 is 2.00 bits per heavy atom. The minimum absolute atomic E-state index is 0.0676. The van der Waals surface area contributed by atoms with Crippen LogP contribution in [0.1, 0.15) is 11.3 Å². The molecule has 0 aliphatic heterocycles. The van der Waals surface area contributed by atoms with Gasteiger partial charge in [0.25, 0.3) is 10.0 Å². The van der Waals surface area contributed by atoms with Crippen LogP contribution >= 0.6 is 0 Å². The largest absolute Gasteiger partial charge is 0.381 e. The van der Waals surface area contributed by atoms with Gasteiger partial charge < -0.3 is 5.73 Å². The van der Waals surface area contributed by atoms with E-state index in [-0.39, 0.29) is 16.4 Å². The number of sulfonamides is 1. The van der Waals surface area contributed by atoms with Crippen LogP contribution in [0.2, 0.25) is 0 Å². The number of rotatable bonds is 3. The van der Waals surface area contributed by atoms with Crippen LogP contribution in [0.5, 0.6) is 0 Å². The number of nitrogens with one attached hydrogen (secondary N) is 1. The Morgan fingerprint density at radius 3 is 2.50 bits per heavy atom. The van der Waals surface area contributed by atoms with E-state index in [1.807, 2.05) is 0 Å². The zero-order chi connectivity index (χ0) is 15.1. The number of aryl methyl sites for hydroxylation is 2. The minimum atomic E-state index is -3.86. The first kappa shape index (κ1) is 14.3. The molecular weight excluding hydrogens is 283 g/mol. The summed E-state index contributed by atoms with van der Waals surface area (Å²) in [6.45, 7) is 3.16. The maximum atomic E-state index is 13.2. The maximum Gasteiger partial charge on any atom is 0.267 e. The first-order valence-electron chi connectivity index (χ1n) is 5.80. The number of nitrogens with zero attached hydrogens (tertiary/aromatic N) is 2. The smallest absolute Gasteiger partial charge is 0.267 e. The lowest BCUT2D eigenvalue weighted by Gasteiger charge is -2.09. The molecule has 0 aliphatic rings. The van der Waals surface area contributed by atoms with Gasteiger partial charge in [0.15, 0.2) is 10.7 Å². The Bertz CT molecular complexity index is 768. The molecule has 8 heteroatoms. The monoisotopic (exact) mass is 298 g/mol. The molecular formula is C12H15FN4O2S. The zero-order valence-corrected chi connectivity index (χ0v) is 12.1. The fourth-order valence-corrected chi connectivity index (χ4v) is 3.24. The van der Waals surface area contributed by atoms with Crippen molar-refractivity contribution in [2.24, 2.45) is 7.05 Å². The second-order valence-electron chi connectivity index (χ2n) is 4.49. The van der Waals surface area contributed by atoms with Crippen molar-refractivity contribution in [1.29, 1.82) is 0 Å². The highest BCUT2D eigenvalue weighted by molar-refractivity contribution is 7.93. The Balaban J connectivity index is 2.43. The summed E-state index contributed by atoms with van der Waals surface area (Å²) in [7, 11) is -2.26. The number of hydrogen-bond acceptors (Lipinski definition) is 4. The van der Waals surface area contributed by atoms with E-state index in [9.17, 15) is 12.8 Å². The van der Waals surface area contributed by atoms with Gasteiger partial charge in [-0.1, -0.05) is 0 Å². The SMILES string of the molecule is Cc1cc(NS(=O)(=O)c2c(N)nn(C)c2C)ccc1F. The van der Waals surface area contributed by atoms with Crippen molar-refractivity contribution in [1.82, 2.24) is 9.78 Å². The van der Waals surface area contributed by atoms with Crippen LogP contribution < -0.4 is 10.5 Å². The van der Waals surface area contributed by atoms with E-state index in [2.05, 4.69) is 9.82 Å². The highest BCUT2D eigenvalue weighted by atomic mass is 32.2. The van der Waals surface area contributed by atoms with Crippen molar-refractivity contribution >= 4 is 21.5 Å². The molecule has 108 valence electrons. The zero-order valence-electron chi connectivity index (χ0n) is 11.3. The van der Waals surface area contributed by atoms with Crippen LogP contribution in [0.3, 0.4) is 0 Å². The van der Waals surface area contributed by atoms with E-state index in [0.29, 0.717) is 11.3 Å². The summed E-state index contributed by atoms with van der Waals surface area (Å²) >= 11 is 0. The van der Waals surface area contributed by atoms with Crippen LogP contribution in [0, 0.1) is 19.7 Å². The molecule has 0 aliphatic carbocycles. The summed E-state index contributed by atoms with van der Waals surface area (Å²) in [5.41, 5.74) is 6.67. The molecule has 0 amide bonds. The molecule has 0 spiro atoms.